The van der Waals surface area contributed by atoms with E-state index >= 15 is 0 Å². The van der Waals surface area contributed by atoms with E-state index in [9.17, 15) is 14.9 Å². The van der Waals surface area contributed by atoms with Crippen molar-refractivity contribution in [3.63, 3.8) is 0 Å². The highest BCUT2D eigenvalue weighted by atomic mass is 16.6. The van der Waals surface area contributed by atoms with Crippen molar-refractivity contribution in [1.82, 2.24) is 9.78 Å². The molecule has 1 aromatic heterocycles. The number of para-hydroxylation sites is 2. The number of benzene rings is 2. The molecule has 0 fully saturated rings. The van der Waals surface area contributed by atoms with E-state index in [-0.39, 0.29) is 11.3 Å². The number of amides is 1. The third-order valence-corrected chi connectivity index (χ3v) is 4.80. The van der Waals surface area contributed by atoms with Gasteiger partial charge in [-0.15, -0.1) is 0 Å². The van der Waals surface area contributed by atoms with Crippen molar-refractivity contribution in [2.45, 2.75) is 26.2 Å². The van der Waals surface area contributed by atoms with Gasteiger partial charge in [0.05, 0.1) is 16.3 Å². The van der Waals surface area contributed by atoms with Crippen LogP contribution in [0.1, 0.15) is 33.6 Å². The first kappa shape index (κ1) is 17.0. The molecular formula is C20H18N4O3. The first-order chi connectivity index (χ1) is 13.1. The predicted octanol–water partition coefficient (Wildman–Crippen LogP) is 3.83. The van der Waals surface area contributed by atoms with Crippen LogP contribution in [0.5, 0.6) is 0 Å². The number of nitro benzene ring substituents is 1. The summed E-state index contributed by atoms with van der Waals surface area (Å²) in [6.45, 7) is 1.63. The summed E-state index contributed by atoms with van der Waals surface area (Å²) in [5.41, 5.74) is 3.13. The third-order valence-electron chi connectivity index (χ3n) is 4.80. The lowest BCUT2D eigenvalue weighted by Crippen LogP contribution is -2.18. The summed E-state index contributed by atoms with van der Waals surface area (Å²) in [7, 11) is 0. The molecule has 0 saturated heterocycles. The quantitative estimate of drug-likeness (QED) is 0.564. The molecule has 136 valence electrons. The lowest BCUT2D eigenvalue weighted by Gasteiger charge is -2.11. The summed E-state index contributed by atoms with van der Waals surface area (Å²) in [6, 6.07) is 14.3. The highest BCUT2D eigenvalue weighted by molar-refractivity contribution is 6.07. The molecule has 1 aliphatic rings. The Morgan fingerprint density at radius 1 is 1.15 bits per heavy atom. The van der Waals surface area contributed by atoms with Crippen LogP contribution in [0, 0.1) is 17.0 Å². The van der Waals surface area contributed by atoms with Crippen LogP contribution in [0.3, 0.4) is 0 Å². The van der Waals surface area contributed by atoms with Gasteiger partial charge in [0.1, 0.15) is 11.4 Å². The highest BCUT2D eigenvalue weighted by Crippen LogP contribution is 2.32. The molecule has 1 heterocycles. The minimum atomic E-state index is -0.511. The number of anilines is 1. The van der Waals surface area contributed by atoms with E-state index in [2.05, 4.69) is 10.4 Å². The zero-order valence-electron chi connectivity index (χ0n) is 14.8. The molecule has 27 heavy (non-hydrogen) atoms. The van der Waals surface area contributed by atoms with E-state index in [0.29, 0.717) is 11.4 Å². The second kappa shape index (κ2) is 6.68. The molecule has 4 rings (SSSR count). The number of aromatic nitrogens is 2. The highest BCUT2D eigenvalue weighted by Gasteiger charge is 2.27. The average Bonchev–Trinajstić information content (AvgIpc) is 3.24. The van der Waals surface area contributed by atoms with Crippen molar-refractivity contribution in [2.75, 3.05) is 5.32 Å². The Hall–Kier alpha value is -3.48. The van der Waals surface area contributed by atoms with Crippen LogP contribution >= 0.6 is 0 Å². The Kier molecular flexibility index (Phi) is 4.19. The van der Waals surface area contributed by atoms with E-state index in [1.165, 1.54) is 6.07 Å². The van der Waals surface area contributed by atoms with Gasteiger partial charge in [0.2, 0.25) is 0 Å². The second-order valence-corrected chi connectivity index (χ2v) is 6.56. The molecule has 0 spiro atoms. The number of aryl methyl sites for hydroxylation is 2. The molecule has 0 radical (unpaired) electrons. The van der Waals surface area contributed by atoms with E-state index in [1.807, 2.05) is 30.3 Å². The Labute approximate surface area is 155 Å². The summed E-state index contributed by atoms with van der Waals surface area (Å²) in [5, 5.41) is 19.0. The summed E-state index contributed by atoms with van der Waals surface area (Å²) in [6.07, 6.45) is 2.68. The van der Waals surface area contributed by atoms with Gasteiger partial charge in [0, 0.05) is 11.1 Å². The van der Waals surface area contributed by atoms with Crippen LogP contribution in [0.4, 0.5) is 11.5 Å². The number of nitrogens with one attached hydrogen (secondary N) is 1. The van der Waals surface area contributed by atoms with E-state index in [4.69, 9.17) is 0 Å². The van der Waals surface area contributed by atoms with Gasteiger partial charge in [0.25, 0.3) is 11.6 Å². The maximum atomic E-state index is 12.9. The number of hydrogen-bond donors (Lipinski definition) is 1. The number of carbonyl (C=O) groups excluding carboxylic acids is 1. The monoisotopic (exact) mass is 362 g/mol. The standard InChI is InChI=1S/C20H18N4O3/c1-13-7-5-11-16(18(13)24(26)27)20(25)21-19-15-10-6-12-17(15)22-23(19)14-8-3-2-4-9-14/h2-5,7-9,11H,6,10,12H2,1H3,(H,21,25). The average molecular weight is 362 g/mol. The maximum absolute atomic E-state index is 12.9. The molecule has 2 aromatic carbocycles. The van der Waals surface area contributed by atoms with E-state index < -0.39 is 10.8 Å². The second-order valence-electron chi connectivity index (χ2n) is 6.56. The van der Waals surface area contributed by atoms with Gasteiger partial charge in [-0.3, -0.25) is 14.9 Å². The topological polar surface area (TPSA) is 90.1 Å². The molecule has 1 amide bonds. The first-order valence-electron chi connectivity index (χ1n) is 8.78. The van der Waals surface area contributed by atoms with Gasteiger partial charge in [0.15, 0.2) is 0 Å². The van der Waals surface area contributed by atoms with Crippen molar-refractivity contribution >= 4 is 17.4 Å². The van der Waals surface area contributed by atoms with Crippen molar-refractivity contribution < 1.29 is 9.72 Å². The molecule has 0 bridgehead atoms. The van der Waals surface area contributed by atoms with E-state index in [1.54, 1.807) is 23.7 Å². The molecule has 0 atom stereocenters. The zero-order chi connectivity index (χ0) is 19.0. The van der Waals surface area contributed by atoms with E-state index in [0.717, 1.165) is 36.2 Å². The Balaban J connectivity index is 1.77. The lowest BCUT2D eigenvalue weighted by atomic mass is 10.1. The number of nitrogens with zero attached hydrogens (tertiary/aromatic N) is 3. The summed E-state index contributed by atoms with van der Waals surface area (Å²) >= 11 is 0. The van der Waals surface area contributed by atoms with Crippen LogP contribution in [-0.4, -0.2) is 20.6 Å². The fourth-order valence-electron chi connectivity index (χ4n) is 3.54. The molecule has 0 unspecified atom stereocenters. The van der Waals surface area contributed by atoms with Crippen molar-refractivity contribution in [2.24, 2.45) is 0 Å². The molecule has 1 N–H and O–H groups in total. The van der Waals surface area contributed by atoms with Crippen LogP contribution in [0.25, 0.3) is 5.69 Å². The Bertz CT molecular complexity index is 1040. The number of nitro groups is 1. The third kappa shape index (κ3) is 2.97. The van der Waals surface area contributed by atoms with Gasteiger partial charge in [-0.2, -0.15) is 5.10 Å². The molecule has 7 nitrogen and oxygen atoms in total. The van der Waals surface area contributed by atoms with Gasteiger partial charge in [-0.1, -0.05) is 30.3 Å². The molecule has 0 saturated carbocycles. The van der Waals surface area contributed by atoms with Gasteiger partial charge < -0.3 is 5.32 Å². The van der Waals surface area contributed by atoms with Crippen LogP contribution in [0.2, 0.25) is 0 Å². The fraction of sp³-hybridized carbons (Fsp3) is 0.200. The summed E-state index contributed by atoms with van der Waals surface area (Å²) in [5.74, 6) is 0.0895. The van der Waals surface area contributed by atoms with Crippen LogP contribution in [0.15, 0.2) is 48.5 Å². The fourth-order valence-corrected chi connectivity index (χ4v) is 3.54. The molecule has 0 aliphatic heterocycles. The summed E-state index contributed by atoms with van der Waals surface area (Å²) in [4.78, 5) is 23.8. The molecular weight excluding hydrogens is 344 g/mol. The van der Waals surface area contributed by atoms with Gasteiger partial charge in [-0.05, 0) is 44.4 Å². The minimum absolute atomic E-state index is 0.0487. The number of rotatable bonds is 4. The Morgan fingerprint density at radius 3 is 2.67 bits per heavy atom. The zero-order valence-corrected chi connectivity index (χ0v) is 14.8. The van der Waals surface area contributed by atoms with Crippen LogP contribution < -0.4 is 5.32 Å². The van der Waals surface area contributed by atoms with Gasteiger partial charge in [-0.25, -0.2) is 4.68 Å². The lowest BCUT2D eigenvalue weighted by molar-refractivity contribution is -0.385. The minimum Gasteiger partial charge on any atom is -0.306 e. The van der Waals surface area contributed by atoms with Crippen molar-refractivity contribution in [3.05, 3.63) is 81.0 Å². The predicted molar refractivity (Wildman–Crippen MR) is 101 cm³/mol. The Morgan fingerprint density at radius 2 is 1.93 bits per heavy atom. The molecule has 7 heteroatoms. The van der Waals surface area contributed by atoms with Crippen LogP contribution in [-0.2, 0) is 12.8 Å². The SMILES string of the molecule is Cc1cccc(C(=O)Nc2c3c(nn2-c2ccccc2)CCC3)c1[N+](=O)[O-]. The largest absolute Gasteiger partial charge is 0.306 e. The summed E-state index contributed by atoms with van der Waals surface area (Å²) < 4.78 is 1.71. The van der Waals surface area contributed by atoms with Crippen molar-refractivity contribution in [3.8, 4) is 5.69 Å². The number of hydrogen-bond acceptors (Lipinski definition) is 4. The normalized spacial score (nSPS) is 12.6. The smallest absolute Gasteiger partial charge is 0.285 e. The number of fused-ring (bicyclic) bond motifs is 1. The van der Waals surface area contributed by atoms with Crippen molar-refractivity contribution in [1.29, 1.82) is 0 Å². The maximum Gasteiger partial charge on any atom is 0.285 e. The van der Waals surface area contributed by atoms with Gasteiger partial charge >= 0.3 is 0 Å². The first-order valence-corrected chi connectivity index (χ1v) is 8.78. The number of carbonyl (C=O) groups is 1. The molecule has 3 aromatic rings. The molecule has 1 aliphatic carbocycles.